The van der Waals surface area contributed by atoms with Gasteiger partial charge in [-0.05, 0) is 48.7 Å². The highest BCUT2D eigenvalue weighted by atomic mass is 32.1. The highest BCUT2D eigenvalue weighted by molar-refractivity contribution is 7.23. The van der Waals surface area contributed by atoms with Crippen LogP contribution < -0.4 is 20.5 Å². The Morgan fingerprint density at radius 3 is 2.73 bits per heavy atom. The van der Waals surface area contributed by atoms with Crippen LogP contribution in [0.15, 0.2) is 24.3 Å². The standard InChI is InChI=1S/C30H26F6N6O2S/c31-14-8-29(4-1-5-42(29)12-14)13-43-28-40-22-7-16(15-2-3-20(32)25-24(15)18(9-37)26(38)45-25)19(30(34,35)36)6-17(22)27(41-28)44-23-11-39-10-21(23)33/h2-3,6-7,14,21,23,39H,1,4-5,8,10-13,38H2/t14-,21+,23+,29+/m1/s1. The lowest BCUT2D eigenvalue weighted by molar-refractivity contribution is -0.137. The zero-order valence-corrected chi connectivity index (χ0v) is 24.4. The molecule has 0 unspecified atom stereocenters. The number of nitrogens with one attached hydrogen (secondary N) is 1. The van der Waals surface area contributed by atoms with Crippen LogP contribution in [-0.2, 0) is 6.18 Å². The number of nitrogens with two attached hydrogens (primary N) is 1. The van der Waals surface area contributed by atoms with Gasteiger partial charge in [0, 0.05) is 31.4 Å². The van der Waals surface area contributed by atoms with E-state index in [0.29, 0.717) is 6.42 Å². The molecule has 5 heterocycles. The van der Waals surface area contributed by atoms with Crippen molar-refractivity contribution in [1.29, 1.82) is 5.26 Å². The number of benzene rings is 2. The van der Waals surface area contributed by atoms with Crippen molar-refractivity contribution in [3.05, 3.63) is 41.2 Å². The number of fused-ring (bicyclic) bond motifs is 3. The van der Waals surface area contributed by atoms with Crippen LogP contribution in [-0.4, -0.2) is 71.6 Å². The van der Waals surface area contributed by atoms with Crippen LogP contribution in [0.1, 0.15) is 30.4 Å². The molecule has 0 bridgehead atoms. The number of thiophene rings is 1. The molecule has 0 saturated carbocycles. The Bertz CT molecular complexity index is 1860. The summed E-state index contributed by atoms with van der Waals surface area (Å²) in [5.41, 5.74) is 3.65. The van der Waals surface area contributed by atoms with E-state index in [-0.39, 0.29) is 87.2 Å². The zero-order chi connectivity index (χ0) is 31.7. The van der Waals surface area contributed by atoms with Gasteiger partial charge in [0.1, 0.15) is 35.8 Å². The first kappa shape index (κ1) is 29.8. The number of nitriles is 1. The van der Waals surface area contributed by atoms with Crippen molar-refractivity contribution in [2.45, 2.75) is 49.4 Å². The first-order valence-corrected chi connectivity index (χ1v) is 15.2. The fraction of sp³-hybridized carbons (Fsp3) is 0.433. The molecule has 45 heavy (non-hydrogen) atoms. The summed E-state index contributed by atoms with van der Waals surface area (Å²) >= 11 is 0.766. The second-order valence-corrected chi connectivity index (χ2v) is 12.7. The lowest BCUT2D eigenvalue weighted by atomic mass is 9.93. The quantitative estimate of drug-likeness (QED) is 0.254. The number of ether oxygens (including phenoxy) is 2. The molecular formula is C30H26F6N6O2S. The van der Waals surface area contributed by atoms with Crippen molar-refractivity contribution in [1.82, 2.24) is 20.2 Å². The third kappa shape index (κ3) is 5.08. The fourth-order valence-corrected chi connectivity index (χ4v) is 7.74. The smallest absolute Gasteiger partial charge is 0.417 e. The van der Waals surface area contributed by atoms with Gasteiger partial charge in [0.2, 0.25) is 5.88 Å². The van der Waals surface area contributed by atoms with E-state index in [1.807, 2.05) is 11.0 Å². The largest absolute Gasteiger partial charge is 0.469 e. The number of rotatable bonds is 6. The number of nitrogen functional groups attached to an aromatic ring is 1. The second-order valence-electron chi connectivity index (χ2n) is 11.7. The normalized spacial score (nSPS) is 25.2. The molecule has 3 aliphatic heterocycles. The average molecular weight is 649 g/mol. The van der Waals surface area contributed by atoms with Crippen LogP contribution in [0.2, 0.25) is 0 Å². The minimum atomic E-state index is -4.92. The maximum Gasteiger partial charge on any atom is 0.417 e. The molecule has 0 amide bonds. The number of aromatic nitrogens is 2. The maximum atomic E-state index is 14.8. The van der Waals surface area contributed by atoms with Crippen LogP contribution in [0.3, 0.4) is 0 Å². The van der Waals surface area contributed by atoms with Gasteiger partial charge in [-0.15, -0.1) is 11.3 Å². The van der Waals surface area contributed by atoms with Gasteiger partial charge in [0.05, 0.1) is 32.3 Å². The summed E-state index contributed by atoms with van der Waals surface area (Å²) in [6.07, 6.45) is -6.56. The van der Waals surface area contributed by atoms with Crippen LogP contribution in [0.5, 0.6) is 11.9 Å². The topological polar surface area (TPSA) is 109 Å². The molecule has 0 radical (unpaired) electrons. The van der Waals surface area contributed by atoms with E-state index in [2.05, 4.69) is 15.3 Å². The number of halogens is 6. The van der Waals surface area contributed by atoms with Crippen LogP contribution in [0.25, 0.3) is 32.1 Å². The highest BCUT2D eigenvalue weighted by Gasteiger charge is 2.49. The number of nitrogens with zero attached hydrogens (tertiary/aromatic N) is 4. The Labute approximate surface area is 256 Å². The summed E-state index contributed by atoms with van der Waals surface area (Å²) < 4.78 is 99.5. The Morgan fingerprint density at radius 2 is 2.00 bits per heavy atom. The molecule has 4 aromatic rings. The first-order valence-electron chi connectivity index (χ1n) is 14.3. The molecule has 2 aromatic carbocycles. The number of hydrogen-bond donors (Lipinski definition) is 2. The Morgan fingerprint density at radius 1 is 1.18 bits per heavy atom. The van der Waals surface area contributed by atoms with Crippen molar-refractivity contribution < 1.29 is 35.8 Å². The lowest BCUT2D eigenvalue weighted by Crippen LogP contribution is -2.43. The van der Waals surface area contributed by atoms with E-state index < -0.39 is 41.5 Å². The van der Waals surface area contributed by atoms with Gasteiger partial charge in [-0.25, -0.2) is 13.2 Å². The Kier molecular flexibility index (Phi) is 7.21. The van der Waals surface area contributed by atoms with Crippen molar-refractivity contribution in [2.75, 3.05) is 38.5 Å². The summed E-state index contributed by atoms with van der Waals surface area (Å²) in [5.74, 6) is -1.04. The molecule has 3 saturated heterocycles. The van der Waals surface area contributed by atoms with Gasteiger partial charge in [0.25, 0.3) is 0 Å². The van der Waals surface area contributed by atoms with Crippen LogP contribution in [0.4, 0.5) is 31.3 Å². The van der Waals surface area contributed by atoms with Gasteiger partial charge in [0.15, 0.2) is 6.17 Å². The molecule has 236 valence electrons. The van der Waals surface area contributed by atoms with E-state index >= 15 is 0 Å². The van der Waals surface area contributed by atoms with Gasteiger partial charge < -0.3 is 20.5 Å². The molecule has 4 atom stereocenters. The average Bonchev–Trinajstić information content (AvgIpc) is 3.73. The fourth-order valence-electron chi connectivity index (χ4n) is 6.79. The van der Waals surface area contributed by atoms with E-state index in [0.717, 1.165) is 48.6 Å². The van der Waals surface area contributed by atoms with Crippen LogP contribution in [0, 0.1) is 17.1 Å². The Balaban J connectivity index is 1.40. The Hall–Kier alpha value is -3.87. The van der Waals surface area contributed by atoms with E-state index in [4.69, 9.17) is 15.2 Å². The first-order chi connectivity index (χ1) is 21.5. The summed E-state index contributed by atoms with van der Waals surface area (Å²) in [6.45, 7) is 1.16. The third-order valence-corrected chi connectivity index (χ3v) is 9.91. The van der Waals surface area contributed by atoms with Crippen molar-refractivity contribution in [3.63, 3.8) is 0 Å². The van der Waals surface area contributed by atoms with Crippen molar-refractivity contribution in [3.8, 4) is 29.1 Å². The van der Waals surface area contributed by atoms with Crippen molar-refractivity contribution in [2.24, 2.45) is 0 Å². The highest BCUT2D eigenvalue weighted by Crippen LogP contribution is 2.47. The van der Waals surface area contributed by atoms with Crippen LogP contribution >= 0.6 is 11.3 Å². The minimum Gasteiger partial charge on any atom is -0.469 e. The number of anilines is 1. The van der Waals surface area contributed by atoms with Gasteiger partial charge in [-0.1, -0.05) is 6.07 Å². The SMILES string of the molecule is N#Cc1c(N)sc2c(F)ccc(-c3cc4nc(OC[C@@]56CCCN5C[C@H](F)C6)nc(O[C@H]5CNC[C@@H]5F)c4cc3C(F)(F)F)c12. The van der Waals surface area contributed by atoms with Gasteiger partial charge >= 0.3 is 12.2 Å². The third-order valence-electron chi connectivity index (χ3n) is 8.89. The maximum absolute atomic E-state index is 14.8. The van der Waals surface area contributed by atoms with Crippen molar-refractivity contribution >= 4 is 37.3 Å². The summed E-state index contributed by atoms with van der Waals surface area (Å²) in [6, 6.07) is 5.78. The van der Waals surface area contributed by atoms with E-state index in [1.165, 1.54) is 0 Å². The monoisotopic (exact) mass is 648 g/mol. The molecule has 3 N–H and O–H groups in total. The molecular weight excluding hydrogens is 622 g/mol. The molecule has 0 aliphatic carbocycles. The molecule has 15 heteroatoms. The zero-order valence-electron chi connectivity index (χ0n) is 23.6. The molecule has 3 fully saturated rings. The molecule has 7 rings (SSSR count). The van der Waals surface area contributed by atoms with Gasteiger partial charge in [-0.3, -0.25) is 4.90 Å². The van der Waals surface area contributed by atoms with E-state index in [9.17, 15) is 31.6 Å². The molecule has 0 spiro atoms. The summed E-state index contributed by atoms with van der Waals surface area (Å²) in [7, 11) is 0. The number of alkyl halides is 5. The lowest BCUT2D eigenvalue weighted by Gasteiger charge is -2.30. The number of hydrogen-bond acceptors (Lipinski definition) is 9. The summed E-state index contributed by atoms with van der Waals surface area (Å²) in [4.78, 5) is 10.7. The summed E-state index contributed by atoms with van der Waals surface area (Å²) in [5, 5.41) is 12.4. The molecule has 2 aromatic heterocycles. The molecule has 3 aliphatic rings. The second kappa shape index (κ2) is 10.9. The minimum absolute atomic E-state index is 0.00328. The molecule has 8 nitrogen and oxygen atoms in total. The predicted molar refractivity (Wildman–Crippen MR) is 155 cm³/mol. The van der Waals surface area contributed by atoms with E-state index in [1.54, 1.807) is 0 Å². The predicted octanol–water partition coefficient (Wildman–Crippen LogP) is 5.77. The van der Waals surface area contributed by atoms with Gasteiger partial charge in [-0.2, -0.15) is 28.4 Å².